The van der Waals surface area contributed by atoms with Gasteiger partial charge in [0.05, 0.1) is 17.1 Å². The highest BCUT2D eigenvalue weighted by molar-refractivity contribution is 14.1. The first-order chi connectivity index (χ1) is 12.1. The Morgan fingerprint density at radius 2 is 1.77 bits per heavy atom. The fourth-order valence-corrected chi connectivity index (χ4v) is 3.84. The van der Waals surface area contributed by atoms with Gasteiger partial charge in [0.2, 0.25) is 15.9 Å². The standard InChI is InChI=1S/C18H22IN3O3S/c1-12-9-14(26(24,25)22(3)4)10-17(13(12)2)20-11-18(23)21-16-8-6-5-7-15(16)19/h5-10,20H,11H2,1-4H3,(H,21,23). The van der Waals surface area contributed by atoms with Crippen molar-refractivity contribution >= 4 is 49.9 Å². The van der Waals surface area contributed by atoms with Crippen molar-refractivity contribution in [1.82, 2.24) is 4.31 Å². The van der Waals surface area contributed by atoms with Crippen molar-refractivity contribution in [1.29, 1.82) is 0 Å². The third-order valence-corrected chi connectivity index (χ3v) is 6.74. The highest BCUT2D eigenvalue weighted by atomic mass is 127. The highest BCUT2D eigenvalue weighted by Gasteiger charge is 2.19. The van der Waals surface area contributed by atoms with Crippen LogP contribution < -0.4 is 10.6 Å². The van der Waals surface area contributed by atoms with Gasteiger partial charge >= 0.3 is 0 Å². The van der Waals surface area contributed by atoms with Crippen LogP contribution in [0.15, 0.2) is 41.3 Å². The van der Waals surface area contributed by atoms with Crippen molar-refractivity contribution in [3.05, 3.63) is 51.1 Å². The van der Waals surface area contributed by atoms with Crippen molar-refractivity contribution in [2.45, 2.75) is 18.7 Å². The minimum atomic E-state index is -3.54. The zero-order valence-corrected chi connectivity index (χ0v) is 18.1. The van der Waals surface area contributed by atoms with Crippen LogP contribution in [0.5, 0.6) is 0 Å². The molecule has 0 aliphatic carbocycles. The number of anilines is 2. The molecule has 2 aromatic carbocycles. The highest BCUT2D eigenvalue weighted by Crippen LogP contribution is 2.25. The first kappa shape index (κ1) is 20.7. The number of aryl methyl sites for hydroxylation is 1. The van der Waals surface area contributed by atoms with E-state index in [9.17, 15) is 13.2 Å². The van der Waals surface area contributed by atoms with Crippen LogP contribution in [0, 0.1) is 17.4 Å². The topological polar surface area (TPSA) is 78.5 Å². The molecule has 0 heterocycles. The Labute approximate surface area is 168 Å². The molecule has 0 radical (unpaired) electrons. The number of carbonyl (C=O) groups is 1. The van der Waals surface area contributed by atoms with Crippen LogP contribution in [0.4, 0.5) is 11.4 Å². The maximum atomic E-state index is 12.4. The van der Waals surface area contributed by atoms with E-state index in [1.807, 2.05) is 38.1 Å². The number of nitrogens with one attached hydrogen (secondary N) is 2. The number of halogens is 1. The third-order valence-electron chi connectivity index (χ3n) is 4.01. The lowest BCUT2D eigenvalue weighted by atomic mass is 10.1. The van der Waals surface area contributed by atoms with Crippen molar-refractivity contribution in [2.75, 3.05) is 31.3 Å². The molecule has 2 N–H and O–H groups in total. The molecular formula is C18H22IN3O3S. The number of amides is 1. The Morgan fingerprint density at radius 1 is 1.12 bits per heavy atom. The average molecular weight is 487 g/mol. The number of nitrogens with zero attached hydrogens (tertiary/aromatic N) is 1. The summed E-state index contributed by atoms with van der Waals surface area (Å²) in [6, 6.07) is 10.7. The Bertz CT molecular complexity index is 927. The Hall–Kier alpha value is -1.65. The van der Waals surface area contributed by atoms with Crippen LogP contribution >= 0.6 is 22.6 Å². The van der Waals surface area contributed by atoms with Gasteiger partial charge in [-0.05, 0) is 71.8 Å². The van der Waals surface area contributed by atoms with Gasteiger partial charge in [0, 0.05) is 23.4 Å². The molecule has 1 amide bonds. The Balaban J connectivity index is 2.18. The summed E-state index contributed by atoms with van der Waals surface area (Å²) in [5.41, 5.74) is 3.12. The van der Waals surface area contributed by atoms with Crippen molar-refractivity contribution in [3.8, 4) is 0 Å². The Morgan fingerprint density at radius 3 is 2.38 bits per heavy atom. The fraction of sp³-hybridized carbons (Fsp3) is 0.278. The van der Waals surface area contributed by atoms with Crippen molar-refractivity contribution in [2.24, 2.45) is 0 Å². The second kappa shape index (κ2) is 8.36. The smallest absolute Gasteiger partial charge is 0.243 e. The van der Waals surface area contributed by atoms with Gasteiger partial charge in [0.1, 0.15) is 0 Å². The molecule has 0 saturated carbocycles. The molecule has 0 aliphatic rings. The van der Waals surface area contributed by atoms with E-state index in [0.29, 0.717) is 5.69 Å². The van der Waals surface area contributed by atoms with Gasteiger partial charge in [0.15, 0.2) is 0 Å². The second-order valence-electron chi connectivity index (χ2n) is 6.08. The number of rotatable bonds is 6. The van der Waals surface area contributed by atoms with Crippen LogP contribution in [-0.2, 0) is 14.8 Å². The molecule has 0 fully saturated rings. The molecule has 26 heavy (non-hydrogen) atoms. The van der Waals surface area contributed by atoms with Gasteiger partial charge in [-0.2, -0.15) is 0 Å². The minimum absolute atomic E-state index is 0.0384. The van der Waals surface area contributed by atoms with E-state index in [1.165, 1.54) is 18.4 Å². The van der Waals surface area contributed by atoms with E-state index < -0.39 is 10.0 Å². The first-order valence-corrected chi connectivity index (χ1v) is 10.5. The van der Waals surface area contributed by atoms with Crippen molar-refractivity contribution in [3.63, 3.8) is 0 Å². The maximum Gasteiger partial charge on any atom is 0.243 e. The van der Waals surface area contributed by atoms with E-state index in [1.54, 1.807) is 12.1 Å². The number of benzene rings is 2. The fourth-order valence-electron chi connectivity index (χ4n) is 2.30. The number of para-hydroxylation sites is 1. The van der Waals surface area contributed by atoms with Crippen LogP contribution in [0.3, 0.4) is 0 Å². The summed E-state index contributed by atoms with van der Waals surface area (Å²) in [6.45, 7) is 3.78. The molecule has 0 spiro atoms. The van der Waals surface area contributed by atoms with E-state index in [4.69, 9.17) is 0 Å². The molecule has 0 saturated heterocycles. The number of carbonyl (C=O) groups excluding carboxylic acids is 1. The lowest BCUT2D eigenvalue weighted by molar-refractivity contribution is -0.114. The van der Waals surface area contributed by atoms with Gasteiger partial charge in [0.25, 0.3) is 0 Å². The third kappa shape index (κ3) is 4.74. The Kier molecular flexibility index (Phi) is 6.64. The lowest BCUT2D eigenvalue weighted by Crippen LogP contribution is -2.24. The first-order valence-electron chi connectivity index (χ1n) is 7.95. The van der Waals surface area contributed by atoms with E-state index in [2.05, 4.69) is 33.2 Å². The summed E-state index contributed by atoms with van der Waals surface area (Å²) in [4.78, 5) is 12.4. The van der Waals surface area contributed by atoms with Gasteiger partial charge in [-0.1, -0.05) is 12.1 Å². The maximum absolute atomic E-state index is 12.4. The van der Waals surface area contributed by atoms with E-state index in [-0.39, 0.29) is 17.3 Å². The molecule has 0 aliphatic heterocycles. The number of sulfonamides is 1. The second-order valence-corrected chi connectivity index (χ2v) is 9.40. The summed E-state index contributed by atoms with van der Waals surface area (Å²) >= 11 is 2.16. The number of hydrogen-bond donors (Lipinski definition) is 2. The molecule has 2 rings (SSSR count). The van der Waals surface area contributed by atoms with Crippen LogP contribution in [0.25, 0.3) is 0 Å². The molecular weight excluding hydrogens is 465 g/mol. The largest absolute Gasteiger partial charge is 0.376 e. The van der Waals surface area contributed by atoms with E-state index in [0.717, 1.165) is 20.4 Å². The van der Waals surface area contributed by atoms with Gasteiger partial charge in [-0.15, -0.1) is 0 Å². The lowest BCUT2D eigenvalue weighted by Gasteiger charge is -2.17. The minimum Gasteiger partial charge on any atom is -0.376 e. The van der Waals surface area contributed by atoms with Crippen molar-refractivity contribution < 1.29 is 13.2 Å². The van der Waals surface area contributed by atoms with Gasteiger partial charge in [-0.25, -0.2) is 12.7 Å². The normalized spacial score (nSPS) is 11.5. The van der Waals surface area contributed by atoms with Crippen LogP contribution in [0.1, 0.15) is 11.1 Å². The summed E-state index contributed by atoms with van der Waals surface area (Å²) in [5, 5.41) is 5.89. The molecule has 0 atom stereocenters. The molecule has 2 aromatic rings. The average Bonchev–Trinajstić information content (AvgIpc) is 2.57. The van der Waals surface area contributed by atoms with Gasteiger partial charge in [-0.3, -0.25) is 4.79 Å². The monoisotopic (exact) mass is 487 g/mol. The summed E-state index contributed by atoms with van der Waals surface area (Å²) in [7, 11) is -0.554. The predicted octanol–water partition coefficient (Wildman–Crippen LogP) is 3.21. The summed E-state index contributed by atoms with van der Waals surface area (Å²) in [6.07, 6.45) is 0. The molecule has 6 nitrogen and oxygen atoms in total. The molecule has 0 aromatic heterocycles. The predicted molar refractivity (Wildman–Crippen MR) is 113 cm³/mol. The van der Waals surface area contributed by atoms with E-state index >= 15 is 0 Å². The quantitative estimate of drug-likeness (QED) is 0.614. The molecule has 0 unspecified atom stereocenters. The van der Waals surface area contributed by atoms with Gasteiger partial charge < -0.3 is 10.6 Å². The SMILES string of the molecule is Cc1cc(S(=O)(=O)N(C)C)cc(NCC(=O)Nc2ccccc2I)c1C. The molecule has 140 valence electrons. The van der Waals surface area contributed by atoms with Crippen LogP contribution in [0.2, 0.25) is 0 Å². The molecule has 8 heteroatoms. The summed E-state index contributed by atoms with van der Waals surface area (Å²) < 4.78 is 26.9. The number of hydrogen-bond acceptors (Lipinski definition) is 4. The molecule has 0 bridgehead atoms. The summed E-state index contributed by atoms with van der Waals surface area (Å²) in [5.74, 6) is -0.202. The zero-order valence-electron chi connectivity index (χ0n) is 15.1. The zero-order chi connectivity index (χ0) is 19.5. The van der Waals surface area contributed by atoms with Crippen LogP contribution in [-0.4, -0.2) is 39.3 Å².